The SMILES string of the molecule is Cc1nnc([C@H]2CN(C(=O)c3cc(C)sc3C)CCO2)o1. The number of aryl methyl sites for hydroxylation is 3. The fourth-order valence-electron chi connectivity index (χ4n) is 2.44. The monoisotopic (exact) mass is 307 g/mol. The molecule has 112 valence electrons. The van der Waals surface area contributed by atoms with Gasteiger partial charge in [0.25, 0.3) is 5.91 Å². The Labute approximate surface area is 126 Å². The lowest BCUT2D eigenvalue weighted by Crippen LogP contribution is -2.42. The minimum absolute atomic E-state index is 0.0430. The molecule has 0 aliphatic carbocycles. The smallest absolute Gasteiger partial charge is 0.255 e. The summed E-state index contributed by atoms with van der Waals surface area (Å²) in [4.78, 5) is 16.6. The van der Waals surface area contributed by atoms with Gasteiger partial charge in [-0.15, -0.1) is 21.5 Å². The van der Waals surface area contributed by atoms with Crippen LogP contribution in [0.5, 0.6) is 0 Å². The van der Waals surface area contributed by atoms with Gasteiger partial charge in [-0.2, -0.15) is 0 Å². The maximum Gasteiger partial charge on any atom is 0.255 e. The van der Waals surface area contributed by atoms with E-state index >= 15 is 0 Å². The van der Waals surface area contributed by atoms with Gasteiger partial charge in [0.2, 0.25) is 11.8 Å². The van der Waals surface area contributed by atoms with Gasteiger partial charge in [-0.3, -0.25) is 4.79 Å². The third-order valence-electron chi connectivity index (χ3n) is 3.44. The lowest BCUT2D eigenvalue weighted by molar-refractivity contribution is -0.0349. The fraction of sp³-hybridized carbons (Fsp3) is 0.500. The molecule has 0 N–H and O–H groups in total. The van der Waals surface area contributed by atoms with Gasteiger partial charge in [0.15, 0.2) is 6.10 Å². The highest BCUT2D eigenvalue weighted by Gasteiger charge is 2.30. The van der Waals surface area contributed by atoms with Crippen LogP contribution in [0.4, 0.5) is 0 Å². The van der Waals surface area contributed by atoms with Crippen molar-refractivity contribution in [3.05, 3.63) is 33.2 Å². The quantitative estimate of drug-likeness (QED) is 0.851. The van der Waals surface area contributed by atoms with Gasteiger partial charge < -0.3 is 14.1 Å². The van der Waals surface area contributed by atoms with Crippen molar-refractivity contribution in [2.24, 2.45) is 0 Å². The molecule has 0 bridgehead atoms. The lowest BCUT2D eigenvalue weighted by atomic mass is 10.2. The van der Waals surface area contributed by atoms with Crippen LogP contribution in [0.3, 0.4) is 0 Å². The second-order valence-electron chi connectivity index (χ2n) is 5.10. The fourth-order valence-corrected chi connectivity index (χ4v) is 3.35. The molecule has 1 atom stereocenters. The Hall–Kier alpha value is -1.73. The Morgan fingerprint density at radius 1 is 1.38 bits per heavy atom. The molecule has 0 spiro atoms. The number of hydrogen-bond donors (Lipinski definition) is 0. The Bertz CT molecular complexity index is 664. The molecule has 2 aromatic rings. The number of morpholine rings is 1. The topological polar surface area (TPSA) is 68.5 Å². The van der Waals surface area contributed by atoms with Crippen LogP contribution in [-0.4, -0.2) is 40.7 Å². The van der Waals surface area contributed by atoms with Crippen molar-refractivity contribution in [3.63, 3.8) is 0 Å². The van der Waals surface area contributed by atoms with Gasteiger partial charge in [-0.05, 0) is 19.9 Å². The van der Waals surface area contributed by atoms with Crippen LogP contribution in [-0.2, 0) is 4.74 Å². The largest absolute Gasteiger partial charge is 0.423 e. The van der Waals surface area contributed by atoms with Gasteiger partial charge in [0.05, 0.1) is 18.7 Å². The average molecular weight is 307 g/mol. The first-order valence-corrected chi connectivity index (χ1v) is 7.64. The summed E-state index contributed by atoms with van der Waals surface area (Å²) in [5.74, 6) is 0.978. The van der Waals surface area contributed by atoms with Crippen LogP contribution in [0.2, 0.25) is 0 Å². The van der Waals surface area contributed by atoms with Crippen molar-refractivity contribution in [1.82, 2.24) is 15.1 Å². The molecular formula is C14H17N3O3S. The molecule has 1 saturated heterocycles. The Morgan fingerprint density at radius 2 is 2.19 bits per heavy atom. The van der Waals surface area contributed by atoms with Gasteiger partial charge in [-0.25, -0.2) is 0 Å². The zero-order valence-electron chi connectivity index (χ0n) is 12.3. The molecule has 1 fully saturated rings. The predicted octanol–water partition coefficient (Wildman–Crippen LogP) is 2.27. The van der Waals surface area contributed by atoms with Crippen LogP contribution in [0.1, 0.15) is 38.0 Å². The van der Waals surface area contributed by atoms with E-state index in [2.05, 4.69) is 10.2 Å². The maximum absolute atomic E-state index is 12.6. The summed E-state index contributed by atoms with van der Waals surface area (Å²) in [7, 11) is 0. The molecular weight excluding hydrogens is 290 g/mol. The van der Waals surface area contributed by atoms with Crippen LogP contribution < -0.4 is 0 Å². The molecule has 0 aromatic carbocycles. The first kappa shape index (κ1) is 14.2. The van der Waals surface area contributed by atoms with E-state index in [0.717, 1.165) is 15.3 Å². The molecule has 1 amide bonds. The second-order valence-corrected chi connectivity index (χ2v) is 6.56. The van der Waals surface area contributed by atoms with E-state index in [9.17, 15) is 4.79 Å². The second kappa shape index (κ2) is 5.57. The van der Waals surface area contributed by atoms with Gasteiger partial charge in [0, 0.05) is 23.2 Å². The molecule has 0 saturated carbocycles. The van der Waals surface area contributed by atoms with Crippen molar-refractivity contribution >= 4 is 17.2 Å². The molecule has 1 aliphatic rings. The van der Waals surface area contributed by atoms with E-state index in [1.807, 2.05) is 19.9 Å². The summed E-state index contributed by atoms with van der Waals surface area (Å²) in [5.41, 5.74) is 0.778. The average Bonchev–Trinajstić information content (AvgIpc) is 3.04. The van der Waals surface area contributed by atoms with E-state index < -0.39 is 0 Å². The number of amides is 1. The summed E-state index contributed by atoms with van der Waals surface area (Å²) in [5, 5.41) is 7.79. The number of carbonyl (C=O) groups excluding carboxylic acids is 1. The predicted molar refractivity (Wildman–Crippen MR) is 77.4 cm³/mol. The van der Waals surface area contributed by atoms with Crippen molar-refractivity contribution < 1.29 is 13.9 Å². The number of thiophene rings is 1. The zero-order valence-corrected chi connectivity index (χ0v) is 13.1. The summed E-state index contributed by atoms with van der Waals surface area (Å²) in [6.07, 6.45) is -0.344. The minimum atomic E-state index is -0.344. The third-order valence-corrected chi connectivity index (χ3v) is 4.41. The van der Waals surface area contributed by atoms with Crippen LogP contribution in [0.15, 0.2) is 10.5 Å². The van der Waals surface area contributed by atoms with Gasteiger partial charge in [-0.1, -0.05) is 0 Å². The summed E-state index contributed by atoms with van der Waals surface area (Å²) < 4.78 is 11.0. The molecule has 3 rings (SSSR count). The Morgan fingerprint density at radius 3 is 2.81 bits per heavy atom. The van der Waals surface area contributed by atoms with Crippen molar-refractivity contribution in [3.8, 4) is 0 Å². The molecule has 0 radical (unpaired) electrons. The van der Waals surface area contributed by atoms with Crippen molar-refractivity contribution in [2.75, 3.05) is 19.7 Å². The molecule has 1 aliphatic heterocycles. The molecule has 0 unspecified atom stereocenters. The molecule has 6 nitrogen and oxygen atoms in total. The first-order chi connectivity index (χ1) is 10.0. The number of carbonyl (C=O) groups is 1. The number of hydrogen-bond acceptors (Lipinski definition) is 6. The molecule has 3 heterocycles. The van der Waals surface area contributed by atoms with E-state index in [4.69, 9.17) is 9.15 Å². The lowest BCUT2D eigenvalue weighted by Gasteiger charge is -2.31. The first-order valence-electron chi connectivity index (χ1n) is 6.82. The van der Waals surface area contributed by atoms with E-state index in [1.165, 1.54) is 0 Å². The summed E-state index contributed by atoms with van der Waals surface area (Å²) in [6, 6.07) is 1.95. The van der Waals surface area contributed by atoms with Gasteiger partial charge >= 0.3 is 0 Å². The highest BCUT2D eigenvalue weighted by atomic mass is 32.1. The van der Waals surface area contributed by atoms with Crippen molar-refractivity contribution in [2.45, 2.75) is 26.9 Å². The van der Waals surface area contributed by atoms with Crippen LogP contribution in [0, 0.1) is 20.8 Å². The van der Waals surface area contributed by atoms with Crippen molar-refractivity contribution in [1.29, 1.82) is 0 Å². The number of rotatable bonds is 2. The zero-order chi connectivity index (χ0) is 15.0. The third kappa shape index (κ3) is 2.84. The Kier molecular flexibility index (Phi) is 3.77. The normalized spacial score (nSPS) is 19.0. The van der Waals surface area contributed by atoms with E-state index in [1.54, 1.807) is 23.2 Å². The number of aromatic nitrogens is 2. The van der Waals surface area contributed by atoms with Crippen LogP contribution in [0.25, 0.3) is 0 Å². The maximum atomic E-state index is 12.6. The summed E-state index contributed by atoms with van der Waals surface area (Å²) in [6.45, 7) is 7.22. The number of ether oxygens (including phenoxy) is 1. The van der Waals surface area contributed by atoms with Crippen LogP contribution >= 0.6 is 11.3 Å². The standard InChI is InChI=1S/C14H17N3O3S/c1-8-6-11(9(2)21-8)14(18)17-4-5-19-12(7-17)13-16-15-10(3)20-13/h6,12H,4-5,7H2,1-3H3/t12-/m1/s1. The molecule has 2 aromatic heterocycles. The highest BCUT2D eigenvalue weighted by Crippen LogP contribution is 2.26. The molecule has 7 heteroatoms. The van der Waals surface area contributed by atoms with E-state index in [-0.39, 0.29) is 12.0 Å². The van der Waals surface area contributed by atoms with E-state index in [0.29, 0.717) is 31.5 Å². The summed E-state index contributed by atoms with van der Waals surface area (Å²) >= 11 is 1.64. The van der Waals surface area contributed by atoms with Gasteiger partial charge in [0.1, 0.15) is 0 Å². The molecule has 21 heavy (non-hydrogen) atoms. The number of nitrogens with zero attached hydrogens (tertiary/aromatic N) is 3. The Balaban J connectivity index is 1.77. The highest BCUT2D eigenvalue weighted by molar-refractivity contribution is 7.12. The minimum Gasteiger partial charge on any atom is -0.423 e.